The van der Waals surface area contributed by atoms with Gasteiger partial charge in [0, 0.05) is 25.2 Å². The van der Waals surface area contributed by atoms with Crippen LogP contribution in [0.1, 0.15) is 12.5 Å². The van der Waals surface area contributed by atoms with E-state index in [0.29, 0.717) is 32.8 Å². The summed E-state index contributed by atoms with van der Waals surface area (Å²) in [7, 11) is 0. The first-order valence-corrected chi connectivity index (χ1v) is 6.55. The monoisotopic (exact) mass is 264 g/mol. The molecule has 0 spiro atoms. The molecule has 0 aromatic heterocycles. The average Bonchev–Trinajstić information content (AvgIpc) is 2.46. The number of phenols is 1. The average molecular weight is 264 g/mol. The first-order chi connectivity index (χ1) is 9.18. The van der Waals surface area contributed by atoms with E-state index in [0.717, 1.165) is 5.56 Å². The molecule has 5 nitrogen and oxygen atoms in total. The molecule has 1 aromatic rings. The number of amides is 1. The number of benzene rings is 1. The van der Waals surface area contributed by atoms with Gasteiger partial charge in [0.25, 0.3) is 0 Å². The smallest absolute Gasteiger partial charge is 0.239 e. The molecule has 1 aliphatic rings. The third-order valence-electron chi connectivity index (χ3n) is 3.28. The van der Waals surface area contributed by atoms with Crippen LogP contribution >= 0.6 is 0 Å². The molecule has 1 atom stereocenters. The minimum atomic E-state index is -0.266. The number of carbonyl (C=O) groups is 1. The lowest BCUT2D eigenvalue weighted by atomic mass is 10.2. The normalized spacial score (nSPS) is 17.2. The van der Waals surface area contributed by atoms with E-state index in [1.807, 2.05) is 24.0 Å². The zero-order valence-corrected chi connectivity index (χ0v) is 11.1. The molecule has 104 valence electrons. The molecule has 0 aliphatic carbocycles. The van der Waals surface area contributed by atoms with Gasteiger partial charge in [-0.25, -0.2) is 0 Å². The zero-order valence-electron chi connectivity index (χ0n) is 11.1. The Kier molecular flexibility index (Phi) is 4.76. The Labute approximate surface area is 113 Å². The fourth-order valence-electron chi connectivity index (χ4n) is 2.07. The molecule has 1 aliphatic heterocycles. The van der Waals surface area contributed by atoms with Crippen LogP contribution in [0.2, 0.25) is 0 Å². The molecule has 1 aromatic carbocycles. The summed E-state index contributed by atoms with van der Waals surface area (Å²) in [5.74, 6) is 0.333. The highest BCUT2D eigenvalue weighted by Gasteiger charge is 2.21. The van der Waals surface area contributed by atoms with Crippen LogP contribution < -0.4 is 5.32 Å². The number of aromatic hydroxyl groups is 1. The minimum absolute atomic E-state index is 0.0821. The molecule has 2 rings (SSSR count). The van der Waals surface area contributed by atoms with Gasteiger partial charge in [-0.15, -0.1) is 0 Å². The van der Waals surface area contributed by atoms with Gasteiger partial charge in [0.1, 0.15) is 5.75 Å². The van der Waals surface area contributed by atoms with Crippen molar-refractivity contribution in [1.29, 1.82) is 0 Å². The lowest BCUT2D eigenvalue weighted by Gasteiger charge is -2.29. The van der Waals surface area contributed by atoms with E-state index in [4.69, 9.17) is 4.74 Å². The van der Waals surface area contributed by atoms with Crippen molar-refractivity contribution in [3.8, 4) is 5.75 Å². The van der Waals surface area contributed by atoms with Crippen LogP contribution in [0.5, 0.6) is 5.75 Å². The number of morpholine rings is 1. The van der Waals surface area contributed by atoms with Gasteiger partial charge in [-0.2, -0.15) is 0 Å². The zero-order chi connectivity index (χ0) is 13.7. The summed E-state index contributed by atoms with van der Waals surface area (Å²) in [6, 6.07) is 6.87. The number of carbonyl (C=O) groups excluding carboxylic acids is 1. The van der Waals surface area contributed by atoms with Crippen LogP contribution in [0.4, 0.5) is 0 Å². The van der Waals surface area contributed by atoms with Crippen LogP contribution in [0.15, 0.2) is 24.3 Å². The summed E-state index contributed by atoms with van der Waals surface area (Å²) in [6.07, 6.45) is 0. The summed E-state index contributed by atoms with van der Waals surface area (Å²) in [5, 5.41) is 12.8. The van der Waals surface area contributed by atoms with Crippen LogP contribution in [-0.4, -0.2) is 48.3 Å². The van der Waals surface area contributed by atoms with Crippen LogP contribution in [-0.2, 0) is 16.1 Å². The van der Waals surface area contributed by atoms with Gasteiger partial charge in [0.15, 0.2) is 0 Å². The van der Waals surface area contributed by atoms with Crippen LogP contribution in [0, 0.1) is 0 Å². The van der Waals surface area contributed by atoms with Crippen molar-refractivity contribution in [2.24, 2.45) is 0 Å². The predicted octanol–water partition coefficient (Wildman–Crippen LogP) is 0.729. The SMILES string of the molecule is CC(NCc1ccccc1O)C(=O)N1CCOCC1. The summed E-state index contributed by atoms with van der Waals surface area (Å²) < 4.78 is 5.23. The Balaban J connectivity index is 1.85. The molecule has 1 amide bonds. The first kappa shape index (κ1) is 13.8. The van der Waals surface area contributed by atoms with Crippen molar-refractivity contribution in [2.45, 2.75) is 19.5 Å². The Morgan fingerprint density at radius 2 is 2.11 bits per heavy atom. The summed E-state index contributed by atoms with van der Waals surface area (Å²) >= 11 is 0. The van der Waals surface area contributed by atoms with E-state index in [9.17, 15) is 9.90 Å². The number of nitrogens with zero attached hydrogens (tertiary/aromatic N) is 1. The van der Waals surface area contributed by atoms with Crippen LogP contribution in [0.3, 0.4) is 0 Å². The molecule has 2 N–H and O–H groups in total. The van der Waals surface area contributed by atoms with E-state index in [1.165, 1.54) is 0 Å². The quantitative estimate of drug-likeness (QED) is 0.841. The molecule has 1 unspecified atom stereocenters. The van der Waals surface area contributed by atoms with E-state index in [1.54, 1.807) is 12.1 Å². The fourth-order valence-corrected chi connectivity index (χ4v) is 2.07. The number of nitrogens with one attached hydrogen (secondary N) is 1. The third kappa shape index (κ3) is 3.68. The van der Waals surface area contributed by atoms with Crippen molar-refractivity contribution < 1.29 is 14.6 Å². The number of hydrogen-bond acceptors (Lipinski definition) is 4. The number of phenolic OH excluding ortho intramolecular Hbond substituents is 1. The minimum Gasteiger partial charge on any atom is -0.508 e. The Bertz CT molecular complexity index is 430. The number of para-hydroxylation sites is 1. The fraction of sp³-hybridized carbons (Fsp3) is 0.500. The second kappa shape index (κ2) is 6.54. The summed E-state index contributed by atoms with van der Waals surface area (Å²) in [4.78, 5) is 14.0. The van der Waals surface area contributed by atoms with Gasteiger partial charge < -0.3 is 20.1 Å². The Morgan fingerprint density at radius 3 is 2.79 bits per heavy atom. The molecule has 0 saturated carbocycles. The molecule has 1 fully saturated rings. The highest BCUT2D eigenvalue weighted by molar-refractivity contribution is 5.81. The standard InChI is InChI=1S/C14H20N2O3/c1-11(14(18)16-6-8-19-9-7-16)15-10-12-4-2-3-5-13(12)17/h2-5,11,15,17H,6-10H2,1H3. The molecule has 5 heteroatoms. The maximum atomic E-state index is 12.1. The van der Waals surface area contributed by atoms with E-state index in [-0.39, 0.29) is 17.7 Å². The summed E-state index contributed by atoms with van der Waals surface area (Å²) in [6.45, 7) is 4.85. The molecule has 19 heavy (non-hydrogen) atoms. The topological polar surface area (TPSA) is 61.8 Å². The van der Waals surface area contributed by atoms with Crippen molar-refractivity contribution in [3.05, 3.63) is 29.8 Å². The molecular weight excluding hydrogens is 244 g/mol. The number of hydrogen-bond donors (Lipinski definition) is 2. The van der Waals surface area contributed by atoms with Crippen LogP contribution in [0.25, 0.3) is 0 Å². The van der Waals surface area contributed by atoms with Gasteiger partial charge in [0.2, 0.25) is 5.91 Å². The number of ether oxygens (including phenoxy) is 1. The Morgan fingerprint density at radius 1 is 1.42 bits per heavy atom. The van der Waals surface area contributed by atoms with Crippen molar-refractivity contribution in [2.75, 3.05) is 26.3 Å². The number of rotatable bonds is 4. The lowest BCUT2D eigenvalue weighted by Crippen LogP contribution is -2.49. The second-order valence-electron chi connectivity index (χ2n) is 4.67. The molecule has 0 bridgehead atoms. The Hall–Kier alpha value is -1.59. The van der Waals surface area contributed by atoms with Crippen molar-refractivity contribution >= 4 is 5.91 Å². The molecule has 1 heterocycles. The maximum Gasteiger partial charge on any atom is 0.239 e. The lowest BCUT2D eigenvalue weighted by molar-refractivity contribution is -0.137. The largest absolute Gasteiger partial charge is 0.508 e. The molecule has 1 saturated heterocycles. The summed E-state index contributed by atoms with van der Waals surface area (Å²) in [5.41, 5.74) is 0.795. The van der Waals surface area contributed by atoms with Gasteiger partial charge in [-0.3, -0.25) is 4.79 Å². The van der Waals surface area contributed by atoms with E-state index >= 15 is 0 Å². The van der Waals surface area contributed by atoms with E-state index in [2.05, 4.69) is 5.32 Å². The van der Waals surface area contributed by atoms with Crippen molar-refractivity contribution in [1.82, 2.24) is 10.2 Å². The second-order valence-corrected chi connectivity index (χ2v) is 4.67. The highest BCUT2D eigenvalue weighted by atomic mass is 16.5. The third-order valence-corrected chi connectivity index (χ3v) is 3.28. The molecule has 0 radical (unpaired) electrons. The molecular formula is C14H20N2O3. The predicted molar refractivity (Wildman–Crippen MR) is 71.8 cm³/mol. The van der Waals surface area contributed by atoms with Gasteiger partial charge in [0.05, 0.1) is 19.3 Å². The van der Waals surface area contributed by atoms with Gasteiger partial charge >= 0.3 is 0 Å². The highest BCUT2D eigenvalue weighted by Crippen LogP contribution is 2.15. The van der Waals surface area contributed by atoms with Gasteiger partial charge in [-0.1, -0.05) is 18.2 Å². The first-order valence-electron chi connectivity index (χ1n) is 6.55. The van der Waals surface area contributed by atoms with E-state index < -0.39 is 0 Å². The van der Waals surface area contributed by atoms with Gasteiger partial charge in [-0.05, 0) is 13.0 Å². The van der Waals surface area contributed by atoms with Crippen molar-refractivity contribution in [3.63, 3.8) is 0 Å². The maximum absolute atomic E-state index is 12.1.